The van der Waals surface area contributed by atoms with Crippen molar-refractivity contribution in [3.63, 3.8) is 0 Å². The van der Waals surface area contributed by atoms with Gasteiger partial charge in [0.15, 0.2) is 0 Å². The van der Waals surface area contributed by atoms with E-state index in [1.807, 2.05) is 32.0 Å². The number of aryl methyl sites for hydroxylation is 2. The van der Waals surface area contributed by atoms with Gasteiger partial charge >= 0.3 is 5.97 Å². The summed E-state index contributed by atoms with van der Waals surface area (Å²) in [5.41, 5.74) is 2.60. The molecule has 4 nitrogen and oxygen atoms in total. The van der Waals surface area contributed by atoms with Gasteiger partial charge in [0.05, 0.1) is 6.42 Å². The molecule has 19 heavy (non-hydrogen) atoms. The lowest BCUT2D eigenvalue weighted by Crippen LogP contribution is -2.20. The number of amides is 1. The monoisotopic (exact) mass is 261 g/mol. The van der Waals surface area contributed by atoms with Gasteiger partial charge in [-0.15, -0.1) is 0 Å². The predicted octanol–water partition coefficient (Wildman–Crippen LogP) is 2.89. The number of benzene rings is 1. The van der Waals surface area contributed by atoms with Gasteiger partial charge in [-0.1, -0.05) is 18.2 Å². The van der Waals surface area contributed by atoms with Gasteiger partial charge in [0.2, 0.25) is 5.91 Å². The van der Waals surface area contributed by atoms with Crippen LogP contribution in [0.5, 0.6) is 0 Å². The minimum absolute atomic E-state index is 0.0869. The second-order valence-electron chi connectivity index (χ2n) is 5.56. The summed E-state index contributed by atoms with van der Waals surface area (Å²) in [6, 6.07) is 5.85. The van der Waals surface area contributed by atoms with E-state index in [0.717, 1.165) is 29.7 Å². The highest BCUT2D eigenvalue weighted by Crippen LogP contribution is 2.51. The molecule has 1 aliphatic rings. The zero-order chi connectivity index (χ0) is 14.0. The molecule has 0 spiro atoms. The average molecular weight is 261 g/mol. The Morgan fingerprint density at radius 1 is 1.21 bits per heavy atom. The van der Waals surface area contributed by atoms with Crippen molar-refractivity contribution in [3.05, 3.63) is 29.3 Å². The molecule has 0 saturated heterocycles. The summed E-state index contributed by atoms with van der Waals surface area (Å²) in [6.45, 7) is 3.90. The summed E-state index contributed by atoms with van der Waals surface area (Å²) in [4.78, 5) is 22.8. The van der Waals surface area contributed by atoms with Crippen molar-refractivity contribution in [2.75, 3.05) is 5.32 Å². The maximum atomic E-state index is 12.0. The van der Waals surface area contributed by atoms with E-state index in [-0.39, 0.29) is 17.7 Å². The van der Waals surface area contributed by atoms with Crippen LogP contribution in [-0.4, -0.2) is 17.0 Å². The highest BCUT2D eigenvalue weighted by molar-refractivity contribution is 5.93. The molecule has 0 heterocycles. The third kappa shape index (κ3) is 3.34. The lowest BCUT2D eigenvalue weighted by molar-refractivity contribution is -0.138. The number of carboxylic acid groups (broad SMARTS) is 1. The first kappa shape index (κ1) is 13.6. The van der Waals surface area contributed by atoms with Gasteiger partial charge in [-0.05, 0) is 43.2 Å². The molecule has 0 aliphatic heterocycles. The molecule has 1 amide bonds. The maximum absolute atomic E-state index is 12.0. The van der Waals surface area contributed by atoms with E-state index in [2.05, 4.69) is 5.32 Å². The normalized spacial score (nSPS) is 15.9. The van der Waals surface area contributed by atoms with E-state index < -0.39 is 5.97 Å². The molecule has 1 aliphatic carbocycles. The fourth-order valence-corrected chi connectivity index (χ4v) is 2.45. The molecule has 1 saturated carbocycles. The van der Waals surface area contributed by atoms with Crippen molar-refractivity contribution in [2.45, 2.75) is 39.5 Å². The van der Waals surface area contributed by atoms with Crippen LogP contribution in [0.1, 0.15) is 36.8 Å². The van der Waals surface area contributed by atoms with Gasteiger partial charge in [0, 0.05) is 12.1 Å². The van der Waals surface area contributed by atoms with Crippen molar-refractivity contribution in [1.82, 2.24) is 0 Å². The lowest BCUT2D eigenvalue weighted by Gasteiger charge is -2.15. The fraction of sp³-hybridized carbons (Fsp3) is 0.467. The molecule has 1 aromatic rings. The van der Waals surface area contributed by atoms with E-state index in [0.29, 0.717) is 6.42 Å². The molecule has 0 aromatic heterocycles. The quantitative estimate of drug-likeness (QED) is 0.856. The molecule has 4 heteroatoms. The number of aliphatic carboxylic acids is 1. The number of rotatable bonds is 5. The molecule has 0 unspecified atom stereocenters. The SMILES string of the molecule is Cc1cccc(C)c1NC(=O)CC1(CC(=O)O)CC1. The summed E-state index contributed by atoms with van der Waals surface area (Å²) >= 11 is 0. The van der Waals surface area contributed by atoms with E-state index in [4.69, 9.17) is 5.11 Å². The summed E-state index contributed by atoms with van der Waals surface area (Å²) < 4.78 is 0. The minimum Gasteiger partial charge on any atom is -0.481 e. The van der Waals surface area contributed by atoms with Gasteiger partial charge < -0.3 is 10.4 Å². The van der Waals surface area contributed by atoms with E-state index >= 15 is 0 Å². The van der Waals surface area contributed by atoms with Crippen molar-refractivity contribution in [1.29, 1.82) is 0 Å². The van der Waals surface area contributed by atoms with Crippen molar-refractivity contribution in [3.8, 4) is 0 Å². The second-order valence-corrected chi connectivity index (χ2v) is 5.56. The van der Waals surface area contributed by atoms with E-state index in [1.54, 1.807) is 0 Å². The first-order chi connectivity index (χ1) is 8.92. The molecular formula is C15H19NO3. The second kappa shape index (κ2) is 5.03. The standard InChI is InChI=1S/C15H19NO3/c1-10-4-3-5-11(2)14(10)16-12(17)8-15(6-7-15)9-13(18)19/h3-5H,6-9H2,1-2H3,(H,16,17)(H,18,19). The molecular weight excluding hydrogens is 242 g/mol. The Kier molecular flexibility index (Phi) is 3.60. The van der Waals surface area contributed by atoms with Crippen LogP contribution < -0.4 is 5.32 Å². The number of carboxylic acids is 1. The van der Waals surface area contributed by atoms with Crippen LogP contribution in [0.3, 0.4) is 0 Å². The number of hydrogen-bond acceptors (Lipinski definition) is 2. The first-order valence-electron chi connectivity index (χ1n) is 6.50. The topological polar surface area (TPSA) is 66.4 Å². The predicted molar refractivity (Wildman–Crippen MR) is 73.1 cm³/mol. The number of carbonyl (C=O) groups excluding carboxylic acids is 1. The molecule has 0 bridgehead atoms. The maximum Gasteiger partial charge on any atom is 0.303 e. The van der Waals surface area contributed by atoms with Crippen LogP contribution in [0.2, 0.25) is 0 Å². The molecule has 1 aromatic carbocycles. The van der Waals surface area contributed by atoms with Crippen molar-refractivity contribution in [2.24, 2.45) is 5.41 Å². The van der Waals surface area contributed by atoms with Gasteiger partial charge in [0.1, 0.15) is 0 Å². The Balaban J connectivity index is 2.00. The third-order valence-electron chi connectivity index (χ3n) is 3.76. The van der Waals surface area contributed by atoms with E-state index in [9.17, 15) is 9.59 Å². The van der Waals surface area contributed by atoms with Gasteiger partial charge in [-0.25, -0.2) is 0 Å². The fourth-order valence-electron chi connectivity index (χ4n) is 2.45. The van der Waals surface area contributed by atoms with Gasteiger partial charge in [-0.3, -0.25) is 9.59 Å². The van der Waals surface area contributed by atoms with Crippen LogP contribution >= 0.6 is 0 Å². The molecule has 1 fully saturated rings. The lowest BCUT2D eigenvalue weighted by atomic mass is 9.97. The summed E-state index contributed by atoms with van der Waals surface area (Å²) in [5, 5.41) is 11.8. The highest BCUT2D eigenvalue weighted by Gasteiger charge is 2.45. The first-order valence-corrected chi connectivity index (χ1v) is 6.50. The Bertz CT molecular complexity index is 498. The third-order valence-corrected chi connectivity index (χ3v) is 3.76. The van der Waals surface area contributed by atoms with E-state index in [1.165, 1.54) is 0 Å². The van der Waals surface area contributed by atoms with Crippen LogP contribution in [0.15, 0.2) is 18.2 Å². The molecule has 102 valence electrons. The Morgan fingerprint density at radius 2 is 1.79 bits per heavy atom. The van der Waals surface area contributed by atoms with Crippen LogP contribution in [-0.2, 0) is 9.59 Å². The molecule has 0 atom stereocenters. The number of hydrogen-bond donors (Lipinski definition) is 2. The number of para-hydroxylation sites is 1. The molecule has 2 rings (SSSR count). The van der Waals surface area contributed by atoms with Crippen molar-refractivity contribution < 1.29 is 14.7 Å². The van der Waals surface area contributed by atoms with Crippen molar-refractivity contribution >= 4 is 17.6 Å². The smallest absolute Gasteiger partial charge is 0.303 e. The summed E-state index contributed by atoms with van der Waals surface area (Å²) in [5.74, 6) is -0.909. The van der Waals surface area contributed by atoms with Gasteiger partial charge in [-0.2, -0.15) is 0 Å². The van der Waals surface area contributed by atoms with Crippen LogP contribution in [0, 0.1) is 19.3 Å². The largest absolute Gasteiger partial charge is 0.481 e. The zero-order valence-electron chi connectivity index (χ0n) is 11.3. The Labute approximate surface area is 112 Å². The zero-order valence-corrected chi connectivity index (χ0v) is 11.3. The number of anilines is 1. The van der Waals surface area contributed by atoms with Gasteiger partial charge in [0.25, 0.3) is 0 Å². The molecule has 0 radical (unpaired) electrons. The van der Waals surface area contributed by atoms with Crippen LogP contribution in [0.25, 0.3) is 0 Å². The number of nitrogens with one attached hydrogen (secondary N) is 1. The average Bonchev–Trinajstić information content (AvgIpc) is 3.02. The minimum atomic E-state index is -0.822. The summed E-state index contributed by atoms with van der Waals surface area (Å²) in [7, 11) is 0. The highest BCUT2D eigenvalue weighted by atomic mass is 16.4. The number of carbonyl (C=O) groups is 2. The molecule has 2 N–H and O–H groups in total. The Hall–Kier alpha value is -1.84. The van der Waals surface area contributed by atoms with Crippen LogP contribution in [0.4, 0.5) is 5.69 Å². The Morgan fingerprint density at radius 3 is 2.26 bits per heavy atom. The summed E-state index contributed by atoms with van der Waals surface area (Å²) in [6.07, 6.45) is 2.05.